The van der Waals surface area contributed by atoms with E-state index >= 15 is 0 Å². The average Bonchev–Trinajstić information content (AvgIpc) is 1.87. The van der Waals surface area contributed by atoms with Crippen LogP contribution < -0.4 is 5.73 Å². The second-order valence-electron chi connectivity index (χ2n) is 1.88. The highest BCUT2D eigenvalue weighted by Gasteiger charge is 2.20. The van der Waals surface area contributed by atoms with Crippen molar-refractivity contribution in [3.05, 3.63) is 0 Å². The Balaban J connectivity index is 3.95. The summed E-state index contributed by atoms with van der Waals surface area (Å²) in [6.07, 6.45) is -0.676. The van der Waals surface area contributed by atoms with Crippen molar-refractivity contribution in [2.75, 3.05) is 0 Å². The number of ketones is 1. The van der Waals surface area contributed by atoms with Crippen LogP contribution in [0.4, 0.5) is 0 Å². The third-order valence-electron chi connectivity index (χ3n) is 0.961. The lowest BCUT2D eigenvalue weighted by molar-refractivity contribution is -0.150. The predicted octanol–water partition coefficient (Wildman–Crippen LogP) is -1.56. The quantitative estimate of drug-likeness (QED) is 0.429. The van der Waals surface area contributed by atoms with Crippen molar-refractivity contribution in [1.29, 1.82) is 0 Å². The number of nitrogens with two attached hydrogens (primary N) is 1. The lowest BCUT2D eigenvalue weighted by Crippen LogP contribution is -2.34. The van der Waals surface area contributed by atoms with E-state index < -0.39 is 30.2 Å². The molecule has 1 unspecified atom stereocenters. The van der Waals surface area contributed by atoms with Crippen molar-refractivity contribution in [2.45, 2.75) is 12.5 Å². The lowest BCUT2D eigenvalue weighted by atomic mass is 10.1. The monoisotopic (exact) mass is 161 g/mol. The van der Waals surface area contributed by atoms with Gasteiger partial charge < -0.3 is 15.9 Å². The topological polar surface area (TPSA) is 118 Å². The number of carbonyl (C=O) groups is 3. The van der Waals surface area contributed by atoms with Gasteiger partial charge in [0.1, 0.15) is 6.04 Å². The van der Waals surface area contributed by atoms with E-state index in [0.29, 0.717) is 0 Å². The van der Waals surface area contributed by atoms with Crippen LogP contribution >= 0.6 is 0 Å². The normalized spacial score (nSPS) is 12.1. The van der Waals surface area contributed by atoms with Gasteiger partial charge in [-0.15, -0.1) is 0 Å². The SMILES string of the molecule is NC(CC(=O)C(=O)O)C(=O)O. The molecule has 0 aromatic rings. The van der Waals surface area contributed by atoms with Crippen LogP contribution in [0.25, 0.3) is 0 Å². The minimum Gasteiger partial charge on any atom is -0.480 e. The summed E-state index contributed by atoms with van der Waals surface area (Å²) in [6, 6.07) is -1.43. The van der Waals surface area contributed by atoms with E-state index in [9.17, 15) is 14.4 Å². The number of Topliss-reactive ketones (excluding diaryl/α,β-unsaturated/α-hetero) is 1. The molecule has 1 atom stereocenters. The Hall–Kier alpha value is -1.43. The molecule has 0 rings (SSSR count). The number of aliphatic carboxylic acids is 2. The highest BCUT2D eigenvalue weighted by Crippen LogP contribution is 1.89. The molecule has 0 spiro atoms. The zero-order chi connectivity index (χ0) is 9.02. The number of carboxylic acids is 2. The summed E-state index contributed by atoms with van der Waals surface area (Å²) in [7, 11) is 0. The van der Waals surface area contributed by atoms with Crippen LogP contribution in [0.2, 0.25) is 0 Å². The number of carbonyl (C=O) groups excluding carboxylic acids is 1. The first-order chi connectivity index (χ1) is 4.95. The van der Waals surface area contributed by atoms with Gasteiger partial charge in [-0.1, -0.05) is 0 Å². The molecular weight excluding hydrogens is 154 g/mol. The standard InChI is InChI=1S/C5H7NO5/c6-2(4(8)9)1-3(7)5(10)11/h2H,1,6H2,(H,8,9)(H,10,11). The zero-order valence-corrected chi connectivity index (χ0v) is 5.48. The largest absolute Gasteiger partial charge is 0.480 e. The molecule has 0 heterocycles. The first-order valence-electron chi connectivity index (χ1n) is 2.69. The van der Waals surface area contributed by atoms with Gasteiger partial charge in [-0.25, -0.2) is 4.79 Å². The van der Waals surface area contributed by atoms with Crippen LogP contribution in [0.5, 0.6) is 0 Å². The molecule has 0 aliphatic rings. The Kier molecular flexibility index (Phi) is 3.19. The minimum absolute atomic E-state index is 0.676. The van der Waals surface area contributed by atoms with E-state index in [0.717, 1.165) is 0 Å². The van der Waals surface area contributed by atoms with Crippen LogP contribution in [0.15, 0.2) is 0 Å². The third kappa shape index (κ3) is 3.31. The smallest absolute Gasteiger partial charge is 0.372 e. The third-order valence-corrected chi connectivity index (χ3v) is 0.961. The molecule has 0 aromatic carbocycles. The van der Waals surface area contributed by atoms with Crippen LogP contribution in [0.3, 0.4) is 0 Å². The average molecular weight is 161 g/mol. The molecule has 0 saturated carbocycles. The summed E-state index contributed by atoms with van der Waals surface area (Å²) in [5.74, 6) is -4.25. The van der Waals surface area contributed by atoms with Crippen molar-refractivity contribution in [1.82, 2.24) is 0 Å². The molecule has 0 radical (unpaired) electrons. The first kappa shape index (κ1) is 9.57. The van der Waals surface area contributed by atoms with Crippen molar-refractivity contribution < 1.29 is 24.6 Å². The Morgan fingerprint density at radius 3 is 2.00 bits per heavy atom. The van der Waals surface area contributed by atoms with E-state index in [1.165, 1.54) is 0 Å². The predicted molar refractivity (Wildman–Crippen MR) is 32.9 cm³/mol. The van der Waals surface area contributed by atoms with Crippen LogP contribution in [-0.2, 0) is 14.4 Å². The van der Waals surface area contributed by atoms with Gasteiger partial charge in [0.2, 0.25) is 5.78 Å². The van der Waals surface area contributed by atoms with Gasteiger partial charge in [-0.2, -0.15) is 0 Å². The molecule has 0 saturated heterocycles. The number of rotatable bonds is 4. The maximum Gasteiger partial charge on any atom is 0.372 e. The molecule has 0 fully saturated rings. The van der Waals surface area contributed by atoms with E-state index in [1.54, 1.807) is 0 Å². The van der Waals surface area contributed by atoms with Gasteiger partial charge in [0.05, 0.1) is 0 Å². The van der Waals surface area contributed by atoms with E-state index in [-0.39, 0.29) is 0 Å². The van der Waals surface area contributed by atoms with E-state index in [4.69, 9.17) is 15.9 Å². The fourth-order valence-electron chi connectivity index (χ4n) is 0.374. The van der Waals surface area contributed by atoms with E-state index in [1.807, 2.05) is 0 Å². The summed E-state index contributed by atoms with van der Waals surface area (Å²) < 4.78 is 0. The van der Waals surface area contributed by atoms with Crippen molar-refractivity contribution >= 4 is 17.7 Å². The maximum atomic E-state index is 10.3. The zero-order valence-electron chi connectivity index (χ0n) is 5.48. The summed E-state index contributed by atoms with van der Waals surface area (Å²) >= 11 is 0. The van der Waals surface area contributed by atoms with Gasteiger partial charge in [0.25, 0.3) is 0 Å². The van der Waals surface area contributed by atoms with Crippen molar-refractivity contribution in [2.24, 2.45) is 5.73 Å². The molecule has 0 aliphatic heterocycles. The summed E-state index contributed by atoms with van der Waals surface area (Å²) in [5.41, 5.74) is 4.87. The number of hydrogen-bond acceptors (Lipinski definition) is 4. The summed E-state index contributed by atoms with van der Waals surface area (Å²) in [4.78, 5) is 30.2. The Morgan fingerprint density at radius 1 is 1.27 bits per heavy atom. The second kappa shape index (κ2) is 3.67. The minimum atomic E-state index is -1.67. The molecule has 0 aliphatic carbocycles. The molecule has 0 aromatic heterocycles. The molecular formula is C5H7NO5. The van der Waals surface area contributed by atoms with Crippen molar-refractivity contribution in [3.63, 3.8) is 0 Å². The highest BCUT2D eigenvalue weighted by atomic mass is 16.4. The van der Waals surface area contributed by atoms with Gasteiger partial charge in [-0.05, 0) is 0 Å². The molecule has 6 heteroatoms. The molecule has 6 nitrogen and oxygen atoms in total. The van der Waals surface area contributed by atoms with Gasteiger partial charge in [-0.3, -0.25) is 9.59 Å². The molecule has 62 valence electrons. The fourth-order valence-corrected chi connectivity index (χ4v) is 0.374. The Morgan fingerprint density at radius 2 is 1.73 bits per heavy atom. The fraction of sp³-hybridized carbons (Fsp3) is 0.400. The Labute approximate surface area is 61.6 Å². The van der Waals surface area contributed by atoms with E-state index in [2.05, 4.69) is 0 Å². The van der Waals surface area contributed by atoms with Crippen LogP contribution in [0, 0.1) is 0 Å². The molecule has 0 amide bonds. The summed E-state index contributed by atoms with van der Waals surface area (Å²) in [5, 5.41) is 16.2. The highest BCUT2D eigenvalue weighted by molar-refractivity contribution is 6.33. The first-order valence-corrected chi connectivity index (χ1v) is 2.69. The van der Waals surface area contributed by atoms with Gasteiger partial charge >= 0.3 is 11.9 Å². The lowest BCUT2D eigenvalue weighted by Gasteiger charge is -2.00. The molecule has 0 bridgehead atoms. The molecule has 4 N–H and O–H groups in total. The Bertz CT molecular complexity index is 199. The number of carboxylic acid groups (broad SMARTS) is 2. The van der Waals surface area contributed by atoms with Gasteiger partial charge in [0.15, 0.2) is 0 Å². The van der Waals surface area contributed by atoms with Crippen LogP contribution in [0.1, 0.15) is 6.42 Å². The van der Waals surface area contributed by atoms with Gasteiger partial charge in [0, 0.05) is 6.42 Å². The molecule has 11 heavy (non-hydrogen) atoms. The number of hydrogen-bond donors (Lipinski definition) is 3. The maximum absolute atomic E-state index is 10.3. The second-order valence-corrected chi connectivity index (χ2v) is 1.88. The van der Waals surface area contributed by atoms with Crippen molar-refractivity contribution in [3.8, 4) is 0 Å². The summed E-state index contributed by atoms with van der Waals surface area (Å²) in [6.45, 7) is 0. The van der Waals surface area contributed by atoms with Crippen LogP contribution in [-0.4, -0.2) is 34.0 Å².